The van der Waals surface area contributed by atoms with E-state index in [9.17, 15) is 4.79 Å². The number of nitrogens with one attached hydrogen (secondary N) is 2. The van der Waals surface area contributed by atoms with Crippen LogP contribution in [0.1, 0.15) is 19.1 Å². The molecule has 100 valence electrons. The van der Waals surface area contributed by atoms with Crippen LogP contribution in [0.5, 0.6) is 0 Å². The van der Waals surface area contributed by atoms with Gasteiger partial charge in [0.05, 0.1) is 19.4 Å². The molecule has 0 spiro atoms. The van der Waals surface area contributed by atoms with Crippen molar-refractivity contribution in [2.45, 2.75) is 25.9 Å². The standard InChI is InChI=1S/C13H21N3O2/c1-2-5-16(11-7-14-8-11)10-13(17)15-9-12-4-3-6-18-12/h3-4,6,11,14H,2,5,7-10H2,1H3,(H,15,17). The van der Waals surface area contributed by atoms with Crippen LogP contribution in [0.4, 0.5) is 0 Å². The third kappa shape index (κ3) is 3.58. The summed E-state index contributed by atoms with van der Waals surface area (Å²) in [7, 11) is 0. The van der Waals surface area contributed by atoms with Crippen molar-refractivity contribution in [3.63, 3.8) is 0 Å². The topological polar surface area (TPSA) is 57.5 Å². The van der Waals surface area contributed by atoms with Crippen molar-refractivity contribution in [2.24, 2.45) is 0 Å². The largest absolute Gasteiger partial charge is 0.467 e. The Kier molecular flexibility index (Phi) is 4.78. The normalized spacial score (nSPS) is 15.7. The van der Waals surface area contributed by atoms with E-state index < -0.39 is 0 Å². The Morgan fingerprint density at radius 2 is 2.44 bits per heavy atom. The fourth-order valence-corrected chi connectivity index (χ4v) is 2.05. The van der Waals surface area contributed by atoms with Crippen molar-refractivity contribution in [3.8, 4) is 0 Å². The van der Waals surface area contributed by atoms with Crippen molar-refractivity contribution >= 4 is 5.91 Å². The minimum Gasteiger partial charge on any atom is -0.467 e. The molecule has 1 aromatic heterocycles. The maximum Gasteiger partial charge on any atom is 0.234 e. The molecule has 0 radical (unpaired) electrons. The summed E-state index contributed by atoms with van der Waals surface area (Å²) in [4.78, 5) is 14.1. The zero-order valence-electron chi connectivity index (χ0n) is 10.8. The Labute approximate surface area is 108 Å². The van der Waals surface area contributed by atoms with Gasteiger partial charge in [-0.3, -0.25) is 9.69 Å². The first-order valence-corrected chi connectivity index (χ1v) is 6.53. The summed E-state index contributed by atoms with van der Waals surface area (Å²) in [5.74, 6) is 0.849. The SMILES string of the molecule is CCCN(CC(=O)NCc1ccco1)C1CNC1. The van der Waals surface area contributed by atoms with Gasteiger partial charge < -0.3 is 15.1 Å². The van der Waals surface area contributed by atoms with Gasteiger partial charge in [0.25, 0.3) is 0 Å². The van der Waals surface area contributed by atoms with Gasteiger partial charge in [0.15, 0.2) is 0 Å². The van der Waals surface area contributed by atoms with E-state index in [2.05, 4.69) is 22.5 Å². The van der Waals surface area contributed by atoms with E-state index in [-0.39, 0.29) is 5.91 Å². The lowest BCUT2D eigenvalue weighted by Gasteiger charge is -2.37. The molecule has 0 atom stereocenters. The Balaban J connectivity index is 1.73. The van der Waals surface area contributed by atoms with Crippen LogP contribution in [0.15, 0.2) is 22.8 Å². The molecule has 0 saturated carbocycles. The molecule has 1 aliphatic heterocycles. The van der Waals surface area contributed by atoms with E-state index in [1.165, 1.54) is 0 Å². The number of carbonyl (C=O) groups is 1. The maximum absolute atomic E-state index is 11.9. The molecule has 1 fully saturated rings. The molecule has 1 amide bonds. The van der Waals surface area contributed by atoms with Gasteiger partial charge in [0.1, 0.15) is 5.76 Å². The summed E-state index contributed by atoms with van der Waals surface area (Å²) in [6.07, 6.45) is 2.69. The average Bonchev–Trinajstić information content (AvgIpc) is 2.77. The van der Waals surface area contributed by atoms with Crippen molar-refractivity contribution in [2.75, 3.05) is 26.2 Å². The number of nitrogens with zero attached hydrogens (tertiary/aromatic N) is 1. The number of furan rings is 1. The number of carbonyl (C=O) groups excluding carboxylic acids is 1. The number of amides is 1. The molecule has 0 aromatic carbocycles. The third-order valence-electron chi connectivity index (χ3n) is 3.17. The molecule has 18 heavy (non-hydrogen) atoms. The zero-order chi connectivity index (χ0) is 12.8. The minimum absolute atomic E-state index is 0.0618. The van der Waals surface area contributed by atoms with Gasteiger partial charge in [-0.15, -0.1) is 0 Å². The van der Waals surface area contributed by atoms with Crippen molar-refractivity contribution in [1.82, 2.24) is 15.5 Å². The summed E-state index contributed by atoms with van der Waals surface area (Å²) in [5.41, 5.74) is 0. The van der Waals surface area contributed by atoms with Gasteiger partial charge in [-0.25, -0.2) is 0 Å². The Morgan fingerprint density at radius 3 is 3.00 bits per heavy atom. The lowest BCUT2D eigenvalue weighted by Crippen LogP contribution is -2.59. The van der Waals surface area contributed by atoms with Gasteiger partial charge in [-0.05, 0) is 25.1 Å². The van der Waals surface area contributed by atoms with E-state index in [4.69, 9.17) is 4.42 Å². The molecule has 1 saturated heterocycles. The predicted octanol–water partition coefficient (Wildman–Crippen LogP) is 0.580. The van der Waals surface area contributed by atoms with Gasteiger partial charge in [0.2, 0.25) is 5.91 Å². The molecular weight excluding hydrogens is 230 g/mol. The first-order chi connectivity index (χ1) is 8.79. The van der Waals surface area contributed by atoms with Crippen LogP contribution in [0.2, 0.25) is 0 Å². The summed E-state index contributed by atoms with van der Waals surface area (Å²) in [5, 5.41) is 6.12. The first kappa shape index (κ1) is 13.1. The Bertz CT molecular complexity index is 360. The number of rotatable bonds is 7. The van der Waals surface area contributed by atoms with Crippen LogP contribution in [-0.2, 0) is 11.3 Å². The predicted molar refractivity (Wildman–Crippen MR) is 69.1 cm³/mol. The third-order valence-corrected chi connectivity index (χ3v) is 3.17. The fraction of sp³-hybridized carbons (Fsp3) is 0.615. The average molecular weight is 251 g/mol. The second kappa shape index (κ2) is 6.56. The molecule has 0 bridgehead atoms. The Hall–Kier alpha value is -1.33. The van der Waals surface area contributed by atoms with E-state index >= 15 is 0 Å². The van der Waals surface area contributed by atoms with Crippen molar-refractivity contribution in [3.05, 3.63) is 24.2 Å². The van der Waals surface area contributed by atoms with Crippen LogP contribution in [-0.4, -0.2) is 43.0 Å². The summed E-state index contributed by atoms with van der Waals surface area (Å²) in [6, 6.07) is 4.20. The van der Waals surface area contributed by atoms with E-state index in [1.807, 2.05) is 12.1 Å². The number of hydrogen-bond acceptors (Lipinski definition) is 4. The van der Waals surface area contributed by atoms with Crippen LogP contribution in [0.3, 0.4) is 0 Å². The summed E-state index contributed by atoms with van der Waals surface area (Å²) >= 11 is 0. The van der Waals surface area contributed by atoms with Crippen molar-refractivity contribution in [1.29, 1.82) is 0 Å². The second-order valence-corrected chi connectivity index (χ2v) is 4.64. The molecule has 2 rings (SSSR count). The van der Waals surface area contributed by atoms with Crippen LogP contribution in [0, 0.1) is 0 Å². The summed E-state index contributed by atoms with van der Waals surface area (Å²) < 4.78 is 5.18. The molecule has 5 heteroatoms. The Morgan fingerprint density at radius 1 is 1.61 bits per heavy atom. The molecule has 2 N–H and O–H groups in total. The monoisotopic (exact) mass is 251 g/mol. The molecule has 5 nitrogen and oxygen atoms in total. The van der Waals surface area contributed by atoms with Gasteiger partial charge >= 0.3 is 0 Å². The lowest BCUT2D eigenvalue weighted by atomic mass is 10.1. The molecule has 1 aliphatic rings. The summed E-state index contributed by atoms with van der Waals surface area (Å²) in [6.45, 7) is 6.03. The second-order valence-electron chi connectivity index (χ2n) is 4.64. The first-order valence-electron chi connectivity index (χ1n) is 6.53. The highest BCUT2D eigenvalue weighted by atomic mass is 16.3. The molecular formula is C13H21N3O2. The van der Waals surface area contributed by atoms with Crippen molar-refractivity contribution < 1.29 is 9.21 Å². The smallest absolute Gasteiger partial charge is 0.234 e. The minimum atomic E-state index is 0.0618. The van der Waals surface area contributed by atoms with Gasteiger partial charge in [-0.2, -0.15) is 0 Å². The van der Waals surface area contributed by atoms with Crippen LogP contribution in [0.25, 0.3) is 0 Å². The highest BCUT2D eigenvalue weighted by Crippen LogP contribution is 2.05. The quantitative estimate of drug-likeness (QED) is 0.744. The van der Waals surface area contributed by atoms with Crippen LogP contribution >= 0.6 is 0 Å². The molecule has 0 unspecified atom stereocenters. The van der Waals surface area contributed by atoms with E-state index in [1.54, 1.807) is 6.26 Å². The zero-order valence-corrected chi connectivity index (χ0v) is 10.8. The van der Waals surface area contributed by atoms with E-state index in [0.717, 1.165) is 31.8 Å². The van der Waals surface area contributed by atoms with Gasteiger partial charge in [0, 0.05) is 19.1 Å². The number of hydrogen-bond donors (Lipinski definition) is 2. The lowest BCUT2D eigenvalue weighted by molar-refractivity contribution is -0.123. The highest BCUT2D eigenvalue weighted by Gasteiger charge is 2.25. The molecule has 2 heterocycles. The molecule has 0 aliphatic carbocycles. The van der Waals surface area contributed by atoms with E-state index in [0.29, 0.717) is 19.1 Å². The fourth-order valence-electron chi connectivity index (χ4n) is 2.05. The maximum atomic E-state index is 11.9. The highest BCUT2D eigenvalue weighted by molar-refractivity contribution is 5.78. The molecule has 1 aromatic rings. The van der Waals surface area contributed by atoms with Gasteiger partial charge in [-0.1, -0.05) is 6.92 Å². The van der Waals surface area contributed by atoms with Crippen LogP contribution < -0.4 is 10.6 Å².